The molecule has 1 atom stereocenters. The molecule has 2 aromatic carbocycles. The normalized spacial score (nSPS) is 12.3. The van der Waals surface area contributed by atoms with E-state index in [0.29, 0.717) is 16.9 Å². The van der Waals surface area contributed by atoms with E-state index in [1.54, 1.807) is 6.07 Å². The number of aryl methyl sites for hydroxylation is 1. The molecule has 0 saturated carbocycles. The molecule has 0 aliphatic heterocycles. The van der Waals surface area contributed by atoms with Crippen LogP contribution in [0.15, 0.2) is 42.5 Å². The number of hydrogen-bond acceptors (Lipinski definition) is 4. The summed E-state index contributed by atoms with van der Waals surface area (Å²) in [5.41, 5.74) is 2.60. The van der Waals surface area contributed by atoms with E-state index in [1.165, 1.54) is 17.7 Å². The van der Waals surface area contributed by atoms with E-state index in [9.17, 15) is 10.1 Å². The van der Waals surface area contributed by atoms with Crippen molar-refractivity contribution in [3.8, 4) is 5.75 Å². The first kappa shape index (κ1) is 15.0. The number of rotatable bonds is 5. The molecule has 1 heterocycles. The maximum atomic E-state index is 10.8. The summed E-state index contributed by atoms with van der Waals surface area (Å²) in [6, 6.07) is 12.5. The van der Waals surface area contributed by atoms with Crippen LogP contribution in [0, 0.1) is 10.1 Å². The van der Waals surface area contributed by atoms with Crippen molar-refractivity contribution in [1.29, 1.82) is 0 Å². The first-order valence-corrected chi connectivity index (χ1v) is 7.46. The number of imidazole rings is 1. The van der Waals surface area contributed by atoms with Gasteiger partial charge in [-0.05, 0) is 37.1 Å². The van der Waals surface area contributed by atoms with E-state index >= 15 is 0 Å². The van der Waals surface area contributed by atoms with E-state index in [-0.39, 0.29) is 11.8 Å². The Balaban J connectivity index is 1.82. The van der Waals surface area contributed by atoms with Crippen LogP contribution in [0.1, 0.15) is 31.3 Å². The van der Waals surface area contributed by atoms with Gasteiger partial charge < -0.3 is 9.72 Å². The number of H-pyrrole nitrogens is 1. The van der Waals surface area contributed by atoms with Crippen LogP contribution in [0.2, 0.25) is 0 Å². The van der Waals surface area contributed by atoms with Gasteiger partial charge in [0, 0.05) is 12.1 Å². The highest BCUT2D eigenvalue weighted by atomic mass is 16.6. The molecule has 0 bridgehead atoms. The van der Waals surface area contributed by atoms with Gasteiger partial charge in [-0.3, -0.25) is 10.1 Å². The number of fused-ring (bicyclic) bond motifs is 1. The Morgan fingerprint density at radius 1 is 1.26 bits per heavy atom. The Bertz CT molecular complexity index is 840. The minimum Gasteiger partial charge on any atom is -0.483 e. The summed E-state index contributed by atoms with van der Waals surface area (Å²) >= 11 is 0. The van der Waals surface area contributed by atoms with Gasteiger partial charge in [0.25, 0.3) is 5.69 Å². The van der Waals surface area contributed by atoms with Crippen molar-refractivity contribution < 1.29 is 9.66 Å². The zero-order chi connectivity index (χ0) is 16.4. The Kier molecular flexibility index (Phi) is 3.97. The molecule has 6 heteroatoms. The molecule has 1 aromatic heterocycles. The number of nitrogens with one attached hydrogen (secondary N) is 1. The Morgan fingerprint density at radius 3 is 2.65 bits per heavy atom. The number of nitro benzene ring substituents is 1. The second-order valence-electron chi connectivity index (χ2n) is 5.34. The number of hydrogen-bond donors (Lipinski definition) is 1. The number of benzene rings is 2. The zero-order valence-electron chi connectivity index (χ0n) is 12.9. The third-order valence-electron chi connectivity index (χ3n) is 3.72. The second-order valence-corrected chi connectivity index (χ2v) is 5.34. The monoisotopic (exact) mass is 311 g/mol. The minimum atomic E-state index is -0.421. The average molecular weight is 311 g/mol. The van der Waals surface area contributed by atoms with Crippen molar-refractivity contribution in [2.45, 2.75) is 26.4 Å². The highest BCUT2D eigenvalue weighted by molar-refractivity contribution is 5.77. The van der Waals surface area contributed by atoms with Gasteiger partial charge in [-0.2, -0.15) is 0 Å². The topological polar surface area (TPSA) is 81.1 Å². The minimum absolute atomic E-state index is 0.0384. The van der Waals surface area contributed by atoms with Crippen LogP contribution in [0.5, 0.6) is 5.75 Å². The van der Waals surface area contributed by atoms with Gasteiger partial charge in [-0.1, -0.05) is 19.1 Å². The lowest BCUT2D eigenvalue weighted by atomic mass is 10.2. The molecule has 1 N–H and O–H groups in total. The molecule has 0 spiro atoms. The average Bonchev–Trinajstić information content (AvgIpc) is 2.98. The lowest BCUT2D eigenvalue weighted by Crippen LogP contribution is -2.05. The number of ether oxygens (including phenoxy) is 1. The summed E-state index contributed by atoms with van der Waals surface area (Å²) in [6.45, 7) is 3.99. The standard InChI is InChI=1S/C17H17N3O3/c1-3-12-4-7-14(8-5-12)23-11(2)17-18-15-9-6-13(20(21)22)10-16(15)19-17/h4-11H,3H2,1-2H3,(H,18,19)/t11-/m1/s1. The molecule has 0 aliphatic rings. The van der Waals surface area contributed by atoms with Gasteiger partial charge in [-0.25, -0.2) is 4.98 Å². The molecule has 0 radical (unpaired) electrons. The van der Waals surface area contributed by atoms with Crippen LogP contribution < -0.4 is 4.74 Å². The van der Waals surface area contributed by atoms with Crippen LogP contribution in [0.4, 0.5) is 5.69 Å². The highest BCUT2D eigenvalue weighted by Gasteiger charge is 2.15. The second kappa shape index (κ2) is 6.08. The number of aromatic nitrogens is 2. The lowest BCUT2D eigenvalue weighted by Gasteiger charge is -2.12. The maximum absolute atomic E-state index is 10.8. The quantitative estimate of drug-likeness (QED) is 0.566. The fourth-order valence-corrected chi connectivity index (χ4v) is 2.39. The van der Waals surface area contributed by atoms with Crippen molar-refractivity contribution in [2.24, 2.45) is 0 Å². The molecular formula is C17H17N3O3. The summed E-state index contributed by atoms with van der Waals surface area (Å²) < 4.78 is 5.88. The number of non-ortho nitro benzene ring substituents is 1. The third-order valence-corrected chi connectivity index (χ3v) is 3.72. The van der Waals surface area contributed by atoms with Crippen molar-refractivity contribution in [2.75, 3.05) is 0 Å². The van der Waals surface area contributed by atoms with Crippen LogP contribution in [0.3, 0.4) is 0 Å². The van der Waals surface area contributed by atoms with E-state index in [1.807, 2.05) is 31.2 Å². The maximum Gasteiger partial charge on any atom is 0.271 e. The molecule has 0 saturated heterocycles. The van der Waals surface area contributed by atoms with E-state index in [2.05, 4.69) is 16.9 Å². The smallest absolute Gasteiger partial charge is 0.271 e. The summed E-state index contributed by atoms with van der Waals surface area (Å²) in [5, 5.41) is 10.8. The predicted molar refractivity (Wildman–Crippen MR) is 87.6 cm³/mol. The molecule has 118 valence electrons. The summed E-state index contributed by atoms with van der Waals surface area (Å²) in [4.78, 5) is 17.9. The highest BCUT2D eigenvalue weighted by Crippen LogP contribution is 2.24. The number of aromatic amines is 1. The van der Waals surface area contributed by atoms with E-state index < -0.39 is 4.92 Å². The van der Waals surface area contributed by atoms with Crippen molar-refractivity contribution in [3.63, 3.8) is 0 Å². The molecular weight excluding hydrogens is 294 g/mol. The Labute approximate surface area is 133 Å². The molecule has 0 fully saturated rings. The van der Waals surface area contributed by atoms with Crippen molar-refractivity contribution in [3.05, 3.63) is 64.0 Å². The van der Waals surface area contributed by atoms with Crippen molar-refractivity contribution in [1.82, 2.24) is 9.97 Å². The number of nitrogens with zero attached hydrogens (tertiary/aromatic N) is 2. The third kappa shape index (κ3) is 3.15. The van der Waals surface area contributed by atoms with E-state index in [4.69, 9.17) is 4.74 Å². The van der Waals surface area contributed by atoms with Gasteiger partial charge in [0.2, 0.25) is 0 Å². The van der Waals surface area contributed by atoms with Gasteiger partial charge >= 0.3 is 0 Å². The fourth-order valence-electron chi connectivity index (χ4n) is 2.39. The SMILES string of the molecule is CCc1ccc(O[C@H](C)c2nc3ccc([N+](=O)[O-])cc3[nH]2)cc1. The molecule has 6 nitrogen and oxygen atoms in total. The van der Waals surface area contributed by atoms with Gasteiger partial charge in [0.05, 0.1) is 16.0 Å². The molecule has 0 aliphatic carbocycles. The first-order valence-electron chi connectivity index (χ1n) is 7.46. The summed E-state index contributed by atoms with van der Waals surface area (Å²) in [6.07, 6.45) is 0.701. The Hall–Kier alpha value is -2.89. The molecule has 3 rings (SSSR count). The molecule has 3 aromatic rings. The van der Waals surface area contributed by atoms with Crippen LogP contribution in [-0.4, -0.2) is 14.9 Å². The summed E-state index contributed by atoms with van der Waals surface area (Å²) in [7, 11) is 0. The van der Waals surface area contributed by atoms with Crippen LogP contribution in [0.25, 0.3) is 11.0 Å². The summed E-state index contributed by atoms with van der Waals surface area (Å²) in [5.74, 6) is 1.40. The fraction of sp³-hybridized carbons (Fsp3) is 0.235. The Morgan fingerprint density at radius 2 is 2.00 bits per heavy atom. The van der Waals surface area contributed by atoms with Crippen LogP contribution in [-0.2, 0) is 6.42 Å². The van der Waals surface area contributed by atoms with Gasteiger partial charge in [0.15, 0.2) is 6.10 Å². The lowest BCUT2D eigenvalue weighted by molar-refractivity contribution is -0.384. The van der Waals surface area contributed by atoms with Crippen LogP contribution >= 0.6 is 0 Å². The largest absolute Gasteiger partial charge is 0.483 e. The molecule has 0 unspecified atom stereocenters. The number of nitro groups is 1. The zero-order valence-corrected chi connectivity index (χ0v) is 12.9. The van der Waals surface area contributed by atoms with Crippen molar-refractivity contribution >= 4 is 16.7 Å². The first-order chi connectivity index (χ1) is 11.1. The van der Waals surface area contributed by atoms with Gasteiger partial charge in [0.1, 0.15) is 11.6 Å². The van der Waals surface area contributed by atoms with E-state index in [0.717, 1.165) is 12.2 Å². The van der Waals surface area contributed by atoms with Gasteiger partial charge in [-0.15, -0.1) is 0 Å². The predicted octanol–water partition coefficient (Wildman–Crippen LogP) is 4.17. The molecule has 0 amide bonds. The molecule has 23 heavy (non-hydrogen) atoms.